The minimum atomic E-state index is -0.445. The zero-order chi connectivity index (χ0) is 24.1. The van der Waals surface area contributed by atoms with E-state index in [1.54, 1.807) is 35.1 Å². The highest BCUT2D eigenvalue weighted by atomic mass is 19.1. The second kappa shape index (κ2) is 8.35. The largest absolute Gasteiger partial charge is 0.496 e. The van der Waals surface area contributed by atoms with E-state index in [4.69, 9.17) is 15.5 Å². The Morgan fingerprint density at radius 1 is 1.00 bits per heavy atom. The molecule has 35 heavy (non-hydrogen) atoms. The number of nitrogens with two attached hydrogens (primary N) is 1. The number of ether oxygens (including phenoxy) is 1. The molecule has 0 amide bonds. The molecule has 2 aliphatic heterocycles. The summed E-state index contributed by atoms with van der Waals surface area (Å²) in [5.41, 5.74) is 8.51. The summed E-state index contributed by atoms with van der Waals surface area (Å²) in [6.45, 7) is 2.07. The molecule has 178 valence electrons. The molecule has 2 unspecified atom stereocenters. The molecule has 0 spiro atoms. The molecule has 2 aliphatic rings. The highest BCUT2D eigenvalue weighted by molar-refractivity contribution is 5.80. The maximum Gasteiger partial charge on any atom is 0.155 e. The van der Waals surface area contributed by atoms with Crippen molar-refractivity contribution in [2.45, 2.75) is 18.5 Å². The van der Waals surface area contributed by atoms with Crippen molar-refractivity contribution in [1.82, 2.24) is 24.6 Å². The Labute approximate surface area is 202 Å². The van der Waals surface area contributed by atoms with Gasteiger partial charge in [0.05, 0.1) is 30.3 Å². The van der Waals surface area contributed by atoms with Crippen LogP contribution >= 0.6 is 0 Å². The van der Waals surface area contributed by atoms with Gasteiger partial charge >= 0.3 is 0 Å². The predicted molar refractivity (Wildman–Crippen MR) is 133 cm³/mol. The van der Waals surface area contributed by atoms with Gasteiger partial charge in [-0.05, 0) is 49.9 Å². The maximum absolute atomic E-state index is 14.7. The fourth-order valence-corrected chi connectivity index (χ4v) is 5.16. The van der Waals surface area contributed by atoms with Gasteiger partial charge in [-0.15, -0.1) is 0 Å². The highest BCUT2D eigenvalue weighted by Gasteiger charge is 2.41. The van der Waals surface area contributed by atoms with Crippen LogP contribution in [0.4, 0.5) is 15.9 Å². The second-order valence-corrected chi connectivity index (χ2v) is 9.11. The molecule has 0 saturated carbocycles. The van der Waals surface area contributed by atoms with E-state index in [9.17, 15) is 4.39 Å². The molecule has 0 aliphatic carbocycles. The number of nitrogens with zero attached hydrogens (tertiary/aromatic N) is 6. The number of fused-ring (bicyclic) bond motifs is 2. The van der Waals surface area contributed by atoms with Crippen LogP contribution < -0.4 is 15.4 Å². The molecule has 2 bridgehead atoms. The average Bonchev–Trinajstić information content (AvgIpc) is 3.60. The molecule has 2 fully saturated rings. The third-order valence-electron chi connectivity index (χ3n) is 7.00. The quantitative estimate of drug-likeness (QED) is 0.476. The van der Waals surface area contributed by atoms with E-state index in [-0.39, 0.29) is 5.56 Å². The first kappa shape index (κ1) is 21.5. The van der Waals surface area contributed by atoms with Crippen LogP contribution in [0.25, 0.3) is 28.3 Å². The molecule has 1 aromatic carbocycles. The number of anilines is 2. The number of halogens is 1. The molecule has 2 N–H and O–H groups in total. The van der Waals surface area contributed by atoms with Gasteiger partial charge in [0.25, 0.3) is 0 Å². The smallest absolute Gasteiger partial charge is 0.155 e. The number of methoxy groups -OCH3 is 1. The summed E-state index contributed by atoms with van der Waals surface area (Å²) >= 11 is 0. The molecule has 4 aromatic rings. The van der Waals surface area contributed by atoms with Gasteiger partial charge in [0.15, 0.2) is 5.82 Å². The normalized spacial score (nSPS) is 19.5. The van der Waals surface area contributed by atoms with Gasteiger partial charge in [0.2, 0.25) is 0 Å². The SMILES string of the molecule is COc1cccc(F)c1-c1nc(-c2cnn(-c3cccc(N4CC5CC4CN5C)n3)c2)ccc1N. The summed E-state index contributed by atoms with van der Waals surface area (Å²) in [6, 6.07) is 15.3. The predicted octanol–water partition coefficient (Wildman–Crippen LogP) is 3.62. The van der Waals surface area contributed by atoms with Crippen molar-refractivity contribution < 1.29 is 9.13 Å². The van der Waals surface area contributed by atoms with Gasteiger partial charge in [-0.3, -0.25) is 4.90 Å². The number of likely N-dealkylation sites (tertiary alicyclic amines) is 1. The molecule has 2 saturated heterocycles. The Morgan fingerprint density at radius 3 is 2.60 bits per heavy atom. The van der Waals surface area contributed by atoms with E-state index < -0.39 is 5.82 Å². The number of aromatic nitrogens is 4. The molecule has 6 rings (SSSR count). The summed E-state index contributed by atoms with van der Waals surface area (Å²) in [4.78, 5) is 14.4. The fraction of sp³-hybridized carbons (Fsp3) is 0.269. The first-order chi connectivity index (χ1) is 17.0. The van der Waals surface area contributed by atoms with Crippen molar-refractivity contribution in [3.8, 4) is 34.1 Å². The summed E-state index contributed by atoms with van der Waals surface area (Å²) in [6.07, 6.45) is 4.78. The van der Waals surface area contributed by atoms with Crippen LogP contribution in [-0.2, 0) is 0 Å². The zero-order valence-electron chi connectivity index (χ0n) is 19.6. The first-order valence-electron chi connectivity index (χ1n) is 11.6. The van der Waals surface area contributed by atoms with E-state index >= 15 is 0 Å². The van der Waals surface area contributed by atoms with Crippen LogP contribution in [-0.4, -0.2) is 64.0 Å². The lowest BCUT2D eigenvalue weighted by atomic mass is 10.1. The lowest BCUT2D eigenvalue weighted by Gasteiger charge is -2.32. The average molecular weight is 472 g/mol. The van der Waals surface area contributed by atoms with E-state index in [0.717, 1.165) is 30.3 Å². The van der Waals surface area contributed by atoms with Crippen molar-refractivity contribution >= 4 is 11.5 Å². The van der Waals surface area contributed by atoms with E-state index in [0.29, 0.717) is 34.9 Å². The number of pyridine rings is 2. The number of benzene rings is 1. The third kappa shape index (κ3) is 3.68. The summed E-state index contributed by atoms with van der Waals surface area (Å²) in [5.74, 6) is 1.63. The Morgan fingerprint density at radius 2 is 1.83 bits per heavy atom. The number of nitrogen functional groups attached to an aromatic ring is 1. The van der Waals surface area contributed by atoms with E-state index in [1.807, 2.05) is 18.3 Å². The Bertz CT molecular complexity index is 1400. The van der Waals surface area contributed by atoms with Crippen LogP contribution in [0.1, 0.15) is 6.42 Å². The van der Waals surface area contributed by atoms with Crippen LogP contribution in [0.3, 0.4) is 0 Å². The van der Waals surface area contributed by atoms with Crippen molar-refractivity contribution in [2.75, 3.05) is 37.9 Å². The minimum absolute atomic E-state index is 0.238. The van der Waals surface area contributed by atoms with Crippen molar-refractivity contribution in [2.24, 2.45) is 0 Å². The Hall–Kier alpha value is -3.98. The molecule has 5 heterocycles. The number of hydrogen-bond donors (Lipinski definition) is 1. The third-order valence-corrected chi connectivity index (χ3v) is 7.00. The minimum Gasteiger partial charge on any atom is -0.496 e. The van der Waals surface area contributed by atoms with Gasteiger partial charge in [-0.2, -0.15) is 5.10 Å². The van der Waals surface area contributed by atoms with E-state index in [2.05, 4.69) is 33.0 Å². The molecular weight excluding hydrogens is 445 g/mol. The van der Waals surface area contributed by atoms with Crippen LogP contribution in [0, 0.1) is 5.82 Å². The van der Waals surface area contributed by atoms with Crippen molar-refractivity contribution in [3.05, 3.63) is 66.7 Å². The van der Waals surface area contributed by atoms with Crippen LogP contribution in [0.5, 0.6) is 5.75 Å². The van der Waals surface area contributed by atoms with Crippen molar-refractivity contribution in [3.63, 3.8) is 0 Å². The molecule has 0 radical (unpaired) electrons. The Balaban J connectivity index is 1.32. The standard InChI is InChI=1S/C26H26FN7O/c1-32-14-18-11-17(32)15-33(18)23-7-4-8-24(31-23)34-13-16(12-29-34)21-10-9-20(28)26(30-21)25-19(27)5-3-6-22(25)35-2/h3-10,12-13,17-18H,11,14-15,28H2,1-2H3. The molecule has 3 aromatic heterocycles. The van der Waals surface area contributed by atoms with Gasteiger partial charge in [-0.25, -0.2) is 19.0 Å². The summed E-state index contributed by atoms with van der Waals surface area (Å²) < 4.78 is 21.8. The van der Waals surface area contributed by atoms with Crippen LogP contribution in [0.15, 0.2) is 60.9 Å². The van der Waals surface area contributed by atoms with Crippen molar-refractivity contribution in [1.29, 1.82) is 0 Å². The maximum atomic E-state index is 14.7. The number of piperazine rings is 1. The molecule has 8 nitrogen and oxygen atoms in total. The van der Waals surface area contributed by atoms with Crippen LogP contribution in [0.2, 0.25) is 0 Å². The monoisotopic (exact) mass is 471 g/mol. The summed E-state index contributed by atoms with van der Waals surface area (Å²) in [7, 11) is 3.69. The number of rotatable bonds is 5. The summed E-state index contributed by atoms with van der Waals surface area (Å²) in [5, 5.41) is 4.52. The van der Waals surface area contributed by atoms with Gasteiger partial charge in [-0.1, -0.05) is 12.1 Å². The lowest BCUT2D eigenvalue weighted by Crippen LogP contribution is -2.44. The molecular formula is C26H26FN7O. The van der Waals surface area contributed by atoms with E-state index in [1.165, 1.54) is 19.6 Å². The topological polar surface area (TPSA) is 85.3 Å². The van der Waals surface area contributed by atoms with Gasteiger partial charge in [0.1, 0.15) is 23.1 Å². The molecule has 2 atom stereocenters. The van der Waals surface area contributed by atoms with Gasteiger partial charge in [0, 0.05) is 36.9 Å². The molecule has 9 heteroatoms. The zero-order valence-corrected chi connectivity index (χ0v) is 19.6. The number of hydrogen-bond acceptors (Lipinski definition) is 7. The lowest BCUT2D eigenvalue weighted by molar-refractivity contribution is 0.292. The van der Waals surface area contributed by atoms with Gasteiger partial charge < -0.3 is 15.4 Å². The Kier molecular flexibility index (Phi) is 5.14. The fourth-order valence-electron chi connectivity index (χ4n) is 5.16. The first-order valence-corrected chi connectivity index (χ1v) is 11.6. The second-order valence-electron chi connectivity index (χ2n) is 9.11. The highest BCUT2D eigenvalue weighted by Crippen LogP contribution is 2.36. The number of likely N-dealkylation sites (N-methyl/N-ethyl adjacent to an activating group) is 1.